The fraction of sp³-hybridized carbons (Fsp3) is 0.556. The number of piperidine rings is 1. The number of amides is 1. The van der Waals surface area contributed by atoms with Gasteiger partial charge in [-0.15, -0.1) is 0 Å². The standard InChI is InChI=1S/C18H24N2O7/c1-18(2,3)27-17(23)19-8-4-5-13(10-19)12-6-7-15(26-11-16(21)22)14(9-12)20(24)25/h6-7,9,13H,4-5,8,10-11H2,1-3H3,(H,21,22). The summed E-state index contributed by atoms with van der Waals surface area (Å²) in [5.41, 5.74) is -0.174. The van der Waals surface area contributed by atoms with E-state index in [1.54, 1.807) is 31.7 Å². The van der Waals surface area contributed by atoms with Crippen molar-refractivity contribution in [2.45, 2.75) is 45.1 Å². The Bertz CT molecular complexity index is 727. The number of benzene rings is 1. The third-order valence-corrected chi connectivity index (χ3v) is 4.08. The topological polar surface area (TPSA) is 119 Å². The average Bonchev–Trinajstić information content (AvgIpc) is 2.58. The smallest absolute Gasteiger partial charge is 0.410 e. The first-order valence-electron chi connectivity index (χ1n) is 8.67. The highest BCUT2D eigenvalue weighted by Gasteiger charge is 2.29. The molecular weight excluding hydrogens is 356 g/mol. The molecule has 27 heavy (non-hydrogen) atoms. The lowest BCUT2D eigenvalue weighted by atomic mass is 9.90. The van der Waals surface area contributed by atoms with Crippen LogP contribution in [-0.4, -0.2) is 52.3 Å². The summed E-state index contributed by atoms with van der Waals surface area (Å²) in [6, 6.07) is 4.47. The summed E-state index contributed by atoms with van der Waals surface area (Å²) in [7, 11) is 0. The van der Waals surface area contributed by atoms with Crippen LogP contribution >= 0.6 is 0 Å². The molecule has 0 aliphatic carbocycles. The highest BCUT2D eigenvalue weighted by Crippen LogP contribution is 2.34. The number of nitrogens with zero attached hydrogens (tertiary/aromatic N) is 2. The number of hydrogen-bond donors (Lipinski definition) is 1. The average molecular weight is 380 g/mol. The Morgan fingerprint density at radius 3 is 2.67 bits per heavy atom. The molecule has 9 nitrogen and oxygen atoms in total. The van der Waals surface area contributed by atoms with Gasteiger partial charge in [-0.1, -0.05) is 6.07 Å². The van der Waals surface area contributed by atoms with E-state index in [9.17, 15) is 19.7 Å². The molecule has 148 valence electrons. The van der Waals surface area contributed by atoms with Crippen molar-refractivity contribution in [1.82, 2.24) is 4.90 Å². The zero-order valence-electron chi connectivity index (χ0n) is 15.6. The molecule has 1 heterocycles. The first kappa shape index (κ1) is 20.5. The normalized spacial score (nSPS) is 17.3. The molecule has 1 aliphatic rings. The van der Waals surface area contributed by atoms with Gasteiger partial charge in [0.15, 0.2) is 12.4 Å². The van der Waals surface area contributed by atoms with E-state index in [0.29, 0.717) is 18.7 Å². The molecule has 1 aromatic carbocycles. The van der Waals surface area contributed by atoms with Crippen LogP contribution in [0.15, 0.2) is 18.2 Å². The third kappa shape index (κ3) is 5.83. The van der Waals surface area contributed by atoms with Crippen LogP contribution in [0.3, 0.4) is 0 Å². The third-order valence-electron chi connectivity index (χ3n) is 4.08. The lowest BCUT2D eigenvalue weighted by Gasteiger charge is -2.34. The Morgan fingerprint density at radius 1 is 1.37 bits per heavy atom. The molecule has 9 heteroatoms. The molecule has 0 saturated carbocycles. The predicted molar refractivity (Wildman–Crippen MR) is 96.0 cm³/mol. The van der Waals surface area contributed by atoms with E-state index in [1.807, 2.05) is 0 Å². The number of carboxylic acids is 1. The minimum absolute atomic E-state index is 0.0708. The van der Waals surface area contributed by atoms with Crippen molar-refractivity contribution < 1.29 is 29.1 Å². The minimum atomic E-state index is -1.21. The second-order valence-corrected chi connectivity index (χ2v) is 7.43. The molecule has 0 bridgehead atoms. The number of carboxylic acid groups (broad SMARTS) is 1. The van der Waals surface area contributed by atoms with Gasteiger partial charge in [-0.05, 0) is 45.2 Å². The van der Waals surface area contributed by atoms with Gasteiger partial charge in [-0.25, -0.2) is 9.59 Å². The maximum absolute atomic E-state index is 12.3. The van der Waals surface area contributed by atoms with Crippen molar-refractivity contribution in [1.29, 1.82) is 0 Å². The quantitative estimate of drug-likeness (QED) is 0.615. The van der Waals surface area contributed by atoms with E-state index in [1.165, 1.54) is 12.1 Å². The van der Waals surface area contributed by atoms with Gasteiger partial charge in [-0.3, -0.25) is 10.1 Å². The fourth-order valence-electron chi connectivity index (χ4n) is 2.93. The number of rotatable bonds is 5. The number of hydrogen-bond acceptors (Lipinski definition) is 6. The Morgan fingerprint density at radius 2 is 2.07 bits per heavy atom. The van der Waals surface area contributed by atoms with Crippen LogP contribution in [0.4, 0.5) is 10.5 Å². The van der Waals surface area contributed by atoms with Gasteiger partial charge < -0.3 is 19.5 Å². The summed E-state index contributed by atoms with van der Waals surface area (Å²) in [6.45, 7) is 5.72. The molecule has 1 saturated heterocycles. The minimum Gasteiger partial charge on any atom is -0.479 e. The van der Waals surface area contributed by atoms with Gasteiger partial charge in [0.25, 0.3) is 0 Å². The van der Waals surface area contributed by atoms with Gasteiger partial charge in [0.2, 0.25) is 0 Å². The van der Waals surface area contributed by atoms with Crippen LogP contribution in [0.25, 0.3) is 0 Å². The molecule has 1 unspecified atom stereocenters. The fourth-order valence-corrected chi connectivity index (χ4v) is 2.93. The van der Waals surface area contributed by atoms with Crippen LogP contribution in [0, 0.1) is 10.1 Å². The largest absolute Gasteiger partial charge is 0.479 e. The number of likely N-dealkylation sites (tertiary alicyclic amines) is 1. The molecule has 0 spiro atoms. The molecular formula is C18H24N2O7. The Balaban J connectivity index is 2.16. The van der Waals surface area contributed by atoms with Crippen molar-refractivity contribution in [3.63, 3.8) is 0 Å². The van der Waals surface area contributed by atoms with Crippen molar-refractivity contribution in [3.05, 3.63) is 33.9 Å². The molecule has 1 aliphatic heterocycles. The molecule has 0 radical (unpaired) electrons. The van der Waals surface area contributed by atoms with E-state index < -0.39 is 29.2 Å². The number of carbonyl (C=O) groups excluding carboxylic acids is 1. The summed E-state index contributed by atoms with van der Waals surface area (Å²) in [4.78, 5) is 35.2. The first-order valence-corrected chi connectivity index (χ1v) is 8.67. The van der Waals surface area contributed by atoms with Crippen molar-refractivity contribution in [2.24, 2.45) is 0 Å². The molecule has 1 atom stereocenters. The van der Waals surface area contributed by atoms with Gasteiger partial charge in [0.1, 0.15) is 5.60 Å². The number of ether oxygens (including phenoxy) is 2. The summed E-state index contributed by atoms with van der Waals surface area (Å²) in [6.07, 6.45) is 1.14. The van der Waals surface area contributed by atoms with E-state index in [-0.39, 0.29) is 17.4 Å². The van der Waals surface area contributed by atoms with Crippen LogP contribution < -0.4 is 4.74 Å². The Hall–Kier alpha value is -2.84. The van der Waals surface area contributed by atoms with Crippen LogP contribution in [0.5, 0.6) is 5.75 Å². The van der Waals surface area contributed by atoms with Crippen LogP contribution in [-0.2, 0) is 9.53 Å². The number of nitro benzene ring substituents is 1. The molecule has 1 amide bonds. The molecule has 1 aromatic rings. The van der Waals surface area contributed by atoms with Gasteiger partial charge in [-0.2, -0.15) is 0 Å². The zero-order valence-corrected chi connectivity index (χ0v) is 15.6. The summed E-state index contributed by atoms with van der Waals surface area (Å²) < 4.78 is 10.4. The second kappa shape index (κ2) is 8.24. The van der Waals surface area contributed by atoms with Crippen molar-refractivity contribution >= 4 is 17.7 Å². The number of nitro groups is 1. The van der Waals surface area contributed by atoms with Gasteiger partial charge in [0.05, 0.1) is 4.92 Å². The first-order chi connectivity index (χ1) is 12.6. The number of aliphatic carboxylic acids is 1. The number of carbonyl (C=O) groups is 2. The lowest BCUT2D eigenvalue weighted by Crippen LogP contribution is -2.42. The summed E-state index contributed by atoms with van der Waals surface area (Å²) in [5.74, 6) is -1.38. The predicted octanol–water partition coefficient (Wildman–Crippen LogP) is 3.17. The lowest BCUT2D eigenvalue weighted by molar-refractivity contribution is -0.385. The second-order valence-electron chi connectivity index (χ2n) is 7.43. The highest BCUT2D eigenvalue weighted by molar-refractivity contribution is 5.69. The van der Waals surface area contributed by atoms with Crippen molar-refractivity contribution in [2.75, 3.05) is 19.7 Å². The maximum atomic E-state index is 12.3. The van der Waals surface area contributed by atoms with Crippen LogP contribution in [0.2, 0.25) is 0 Å². The zero-order chi connectivity index (χ0) is 20.2. The maximum Gasteiger partial charge on any atom is 0.410 e. The van der Waals surface area contributed by atoms with Crippen molar-refractivity contribution in [3.8, 4) is 5.75 Å². The van der Waals surface area contributed by atoms with E-state index in [2.05, 4.69) is 0 Å². The Kier molecular flexibility index (Phi) is 6.24. The highest BCUT2D eigenvalue weighted by atomic mass is 16.6. The molecule has 0 aromatic heterocycles. The van der Waals surface area contributed by atoms with E-state index in [4.69, 9.17) is 14.6 Å². The van der Waals surface area contributed by atoms with Gasteiger partial charge in [0, 0.05) is 25.1 Å². The van der Waals surface area contributed by atoms with Crippen LogP contribution in [0.1, 0.15) is 45.1 Å². The van der Waals surface area contributed by atoms with E-state index >= 15 is 0 Å². The molecule has 1 N–H and O–H groups in total. The van der Waals surface area contributed by atoms with Gasteiger partial charge >= 0.3 is 17.7 Å². The summed E-state index contributed by atoms with van der Waals surface area (Å²) >= 11 is 0. The Labute approximate surface area is 157 Å². The molecule has 2 rings (SSSR count). The molecule has 1 fully saturated rings. The SMILES string of the molecule is CC(C)(C)OC(=O)N1CCCC(c2ccc(OCC(=O)O)c([N+](=O)[O-])c2)C1. The summed E-state index contributed by atoms with van der Waals surface area (Å²) in [5, 5.41) is 20.0. The monoisotopic (exact) mass is 380 g/mol. The van der Waals surface area contributed by atoms with E-state index in [0.717, 1.165) is 12.8 Å².